The summed E-state index contributed by atoms with van der Waals surface area (Å²) in [6.45, 7) is 5.79. The van der Waals surface area contributed by atoms with Crippen LogP contribution in [0.4, 0.5) is 5.82 Å². The smallest absolute Gasteiger partial charge is 0.171 e. The minimum atomic E-state index is -0.365. The first-order valence-electron chi connectivity index (χ1n) is 10.3. The van der Waals surface area contributed by atoms with E-state index in [0.717, 1.165) is 54.0 Å². The van der Waals surface area contributed by atoms with Crippen LogP contribution in [0.5, 0.6) is 5.75 Å². The first kappa shape index (κ1) is 18.4. The second-order valence-corrected chi connectivity index (χ2v) is 7.87. The molecule has 0 atom stereocenters. The first-order chi connectivity index (χ1) is 14.2. The van der Waals surface area contributed by atoms with Crippen molar-refractivity contribution in [2.75, 3.05) is 31.2 Å². The molecule has 5 rings (SSSR count). The summed E-state index contributed by atoms with van der Waals surface area (Å²) in [5.41, 5.74) is 3.31. The van der Waals surface area contributed by atoms with Gasteiger partial charge >= 0.3 is 0 Å². The van der Waals surface area contributed by atoms with Crippen LogP contribution in [-0.2, 0) is 16.1 Å². The van der Waals surface area contributed by atoms with Crippen molar-refractivity contribution < 1.29 is 14.2 Å². The van der Waals surface area contributed by atoms with E-state index >= 15 is 0 Å². The average molecular weight is 390 g/mol. The quantitative estimate of drug-likeness (QED) is 0.658. The molecule has 3 aromatic rings. The van der Waals surface area contributed by atoms with Crippen molar-refractivity contribution in [2.24, 2.45) is 0 Å². The molecule has 1 aromatic heterocycles. The predicted octanol–water partition coefficient (Wildman–Crippen LogP) is 4.47. The summed E-state index contributed by atoms with van der Waals surface area (Å²) in [6.07, 6.45) is 1.75. The maximum Gasteiger partial charge on any atom is 0.171 e. The molecule has 0 radical (unpaired) electrons. The largest absolute Gasteiger partial charge is 0.487 e. The van der Waals surface area contributed by atoms with Gasteiger partial charge in [-0.3, -0.25) is 0 Å². The number of piperidine rings is 1. The maximum absolute atomic E-state index is 6.14. The third-order valence-electron chi connectivity index (χ3n) is 5.85. The Morgan fingerprint density at radius 2 is 1.72 bits per heavy atom. The van der Waals surface area contributed by atoms with Gasteiger partial charge in [0.05, 0.1) is 13.2 Å². The first-order valence-corrected chi connectivity index (χ1v) is 10.3. The molecule has 0 N–H and O–H groups in total. The van der Waals surface area contributed by atoms with E-state index in [1.165, 1.54) is 5.56 Å². The van der Waals surface area contributed by atoms with Crippen molar-refractivity contribution in [3.63, 3.8) is 0 Å². The number of nitrogens with zero attached hydrogens (tertiary/aromatic N) is 2. The maximum atomic E-state index is 6.14. The molecule has 3 heterocycles. The van der Waals surface area contributed by atoms with Crippen molar-refractivity contribution in [2.45, 2.75) is 32.2 Å². The molecule has 2 aromatic carbocycles. The minimum absolute atomic E-state index is 0.365. The van der Waals surface area contributed by atoms with Gasteiger partial charge in [0.15, 0.2) is 5.79 Å². The van der Waals surface area contributed by atoms with Crippen LogP contribution < -0.4 is 9.64 Å². The van der Waals surface area contributed by atoms with E-state index < -0.39 is 0 Å². The molecule has 2 fully saturated rings. The van der Waals surface area contributed by atoms with Crippen molar-refractivity contribution in [3.8, 4) is 5.75 Å². The highest BCUT2D eigenvalue weighted by Gasteiger charge is 2.40. The van der Waals surface area contributed by atoms with E-state index in [2.05, 4.69) is 54.3 Å². The van der Waals surface area contributed by atoms with Crippen LogP contribution in [-0.4, -0.2) is 37.1 Å². The number of anilines is 1. The number of rotatable bonds is 4. The van der Waals surface area contributed by atoms with Gasteiger partial charge < -0.3 is 19.1 Å². The van der Waals surface area contributed by atoms with E-state index in [0.29, 0.717) is 19.8 Å². The van der Waals surface area contributed by atoms with E-state index in [4.69, 9.17) is 19.2 Å². The summed E-state index contributed by atoms with van der Waals surface area (Å²) in [6, 6.07) is 18.8. The zero-order valence-corrected chi connectivity index (χ0v) is 16.8. The molecular weight excluding hydrogens is 364 g/mol. The Balaban J connectivity index is 1.35. The Morgan fingerprint density at radius 3 is 2.48 bits per heavy atom. The summed E-state index contributed by atoms with van der Waals surface area (Å²) >= 11 is 0. The number of hydrogen-bond donors (Lipinski definition) is 0. The molecule has 1 spiro atoms. The fourth-order valence-electron chi connectivity index (χ4n) is 4.11. The number of pyridine rings is 1. The van der Waals surface area contributed by atoms with Gasteiger partial charge in [-0.2, -0.15) is 0 Å². The van der Waals surface area contributed by atoms with Crippen LogP contribution in [0.2, 0.25) is 0 Å². The zero-order chi connectivity index (χ0) is 19.7. The number of ether oxygens (including phenoxy) is 3. The van der Waals surface area contributed by atoms with Gasteiger partial charge in [0.25, 0.3) is 0 Å². The SMILES string of the molecule is Cc1ccc(COc2cccc3ccc(N4CCC5(CC4)OCCO5)nc23)cc1. The third-order valence-corrected chi connectivity index (χ3v) is 5.85. The van der Waals surface area contributed by atoms with Gasteiger partial charge in [-0.25, -0.2) is 4.98 Å². The standard InChI is InChI=1S/C24H26N2O3/c1-18-5-7-19(8-6-18)17-27-21-4-2-3-20-9-10-22(25-23(20)21)26-13-11-24(12-14-26)28-15-16-29-24/h2-10H,11-17H2,1H3. The number of fused-ring (bicyclic) bond motifs is 1. The van der Waals surface area contributed by atoms with Crippen LogP contribution in [0.1, 0.15) is 24.0 Å². The lowest BCUT2D eigenvalue weighted by atomic mass is 10.0. The second kappa shape index (κ2) is 7.65. The highest BCUT2D eigenvalue weighted by atomic mass is 16.7. The molecule has 0 amide bonds. The molecule has 29 heavy (non-hydrogen) atoms. The van der Waals surface area contributed by atoms with Crippen LogP contribution in [0.15, 0.2) is 54.6 Å². The zero-order valence-electron chi connectivity index (χ0n) is 16.8. The highest BCUT2D eigenvalue weighted by molar-refractivity contribution is 5.86. The number of hydrogen-bond acceptors (Lipinski definition) is 5. The van der Waals surface area contributed by atoms with Crippen molar-refractivity contribution >= 4 is 16.7 Å². The Bertz CT molecular complexity index is 987. The topological polar surface area (TPSA) is 43.8 Å². The average Bonchev–Trinajstić information content (AvgIpc) is 3.21. The van der Waals surface area contributed by atoms with Crippen LogP contribution in [0.3, 0.4) is 0 Å². The molecule has 5 heteroatoms. The van der Waals surface area contributed by atoms with Gasteiger partial charge in [0.2, 0.25) is 0 Å². The van der Waals surface area contributed by atoms with Gasteiger partial charge in [0.1, 0.15) is 23.7 Å². The fourth-order valence-corrected chi connectivity index (χ4v) is 4.11. The Labute approximate surface area is 171 Å². The highest BCUT2D eigenvalue weighted by Crippen LogP contribution is 2.34. The van der Waals surface area contributed by atoms with E-state index in [1.807, 2.05) is 12.1 Å². The van der Waals surface area contributed by atoms with Crippen LogP contribution in [0, 0.1) is 6.92 Å². The number of benzene rings is 2. The lowest BCUT2D eigenvalue weighted by Gasteiger charge is -2.38. The van der Waals surface area contributed by atoms with E-state index in [9.17, 15) is 0 Å². The van der Waals surface area contributed by atoms with Gasteiger partial charge in [-0.15, -0.1) is 0 Å². The second-order valence-electron chi connectivity index (χ2n) is 7.87. The Hall–Kier alpha value is -2.63. The van der Waals surface area contributed by atoms with E-state index in [1.54, 1.807) is 0 Å². The van der Waals surface area contributed by atoms with Gasteiger partial charge in [0, 0.05) is 31.3 Å². The fraction of sp³-hybridized carbons (Fsp3) is 0.375. The van der Waals surface area contributed by atoms with Gasteiger partial charge in [-0.05, 0) is 30.7 Å². The van der Waals surface area contributed by atoms with Crippen molar-refractivity contribution in [1.29, 1.82) is 0 Å². The van der Waals surface area contributed by atoms with Crippen LogP contribution >= 0.6 is 0 Å². The Kier molecular flexibility index (Phi) is 4.86. The molecule has 0 aliphatic carbocycles. The minimum Gasteiger partial charge on any atom is -0.487 e. The van der Waals surface area contributed by atoms with E-state index in [-0.39, 0.29) is 5.79 Å². The molecule has 0 saturated carbocycles. The normalized spacial score (nSPS) is 18.4. The molecule has 150 valence electrons. The number of aryl methyl sites for hydroxylation is 1. The summed E-state index contributed by atoms with van der Waals surface area (Å²) in [4.78, 5) is 7.27. The molecule has 5 nitrogen and oxygen atoms in total. The summed E-state index contributed by atoms with van der Waals surface area (Å²) in [5.74, 6) is 1.44. The van der Waals surface area contributed by atoms with Crippen molar-refractivity contribution in [1.82, 2.24) is 4.98 Å². The lowest BCUT2D eigenvalue weighted by Crippen LogP contribution is -2.45. The van der Waals surface area contributed by atoms with Gasteiger partial charge in [-0.1, -0.05) is 42.0 Å². The number of aromatic nitrogens is 1. The molecule has 2 aliphatic heterocycles. The Morgan fingerprint density at radius 1 is 0.966 bits per heavy atom. The predicted molar refractivity (Wildman–Crippen MR) is 113 cm³/mol. The summed E-state index contributed by atoms with van der Waals surface area (Å²) < 4.78 is 17.8. The number of para-hydroxylation sites is 1. The molecular formula is C24H26N2O3. The third kappa shape index (κ3) is 3.80. The summed E-state index contributed by atoms with van der Waals surface area (Å²) in [5, 5.41) is 1.09. The lowest BCUT2D eigenvalue weighted by molar-refractivity contribution is -0.169. The monoisotopic (exact) mass is 390 g/mol. The van der Waals surface area contributed by atoms with Crippen LogP contribution in [0.25, 0.3) is 10.9 Å². The molecule has 0 bridgehead atoms. The molecule has 2 saturated heterocycles. The molecule has 2 aliphatic rings. The summed E-state index contributed by atoms with van der Waals surface area (Å²) in [7, 11) is 0. The molecule has 0 unspecified atom stereocenters. The van der Waals surface area contributed by atoms with Crippen molar-refractivity contribution in [3.05, 3.63) is 65.7 Å².